The van der Waals surface area contributed by atoms with E-state index in [1.165, 1.54) is 0 Å². The number of carbonyl (C=O) groups excluding carboxylic acids is 1. The Balaban J connectivity index is 1.85. The maximum absolute atomic E-state index is 12.7. The molecule has 136 valence electrons. The Labute approximate surface area is 158 Å². The first-order valence-electron chi connectivity index (χ1n) is 8.71. The molecule has 1 heterocycles. The summed E-state index contributed by atoms with van der Waals surface area (Å²) in [6.45, 7) is 4.10. The van der Waals surface area contributed by atoms with Crippen LogP contribution in [0.4, 0.5) is 5.69 Å². The van der Waals surface area contributed by atoms with Gasteiger partial charge in [0.15, 0.2) is 0 Å². The molecule has 1 N–H and O–H groups in total. The summed E-state index contributed by atoms with van der Waals surface area (Å²) in [5, 5.41) is 4.65. The number of hydrogen-bond acceptors (Lipinski definition) is 3. The SMILES string of the molecule is CCc1ccc(Cl)c(CC)c1NC(=O)Cc1coc2cc(OC)ccc12. The Hall–Kier alpha value is -2.46. The second kappa shape index (κ2) is 7.83. The van der Waals surface area contributed by atoms with Gasteiger partial charge >= 0.3 is 0 Å². The molecule has 0 aliphatic heterocycles. The third-order valence-corrected chi connectivity index (χ3v) is 4.91. The third-order valence-electron chi connectivity index (χ3n) is 4.55. The van der Waals surface area contributed by atoms with E-state index in [0.717, 1.165) is 46.4 Å². The van der Waals surface area contributed by atoms with E-state index in [0.29, 0.717) is 10.6 Å². The van der Waals surface area contributed by atoms with E-state index < -0.39 is 0 Å². The fourth-order valence-electron chi connectivity index (χ4n) is 3.15. The Morgan fingerprint density at radius 3 is 2.65 bits per heavy atom. The Morgan fingerprint density at radius 2 is 1.96 bits per heavy atom. The third kappa shape index (κ3) is 3.56. The highest BCUT2D eigenvalue weighted by Crippen LogP contribution is 2.30. The van der Waals surface area contributed by atoms with Gasteiger partial charge < -0.3 is 14.5 Å². The summed E-state index contributed by atoms with van der Waals surface area (Å²) < 4.78 is 10.8. The van der Waals surface area contributed by atoms with Crippen LogP contribution in [0.3, 0.4) is 0 Å². The zero-order valence-electron chi connectivity index (χ0n) is 15.2. The Morgan fingerprint density at radius 1 is 1.15 bits per heavy atom. The molecule has 5 heteroatoms. The van der Waals surface area contributed by atoms with E-state index in [4.69, 9.17) is 20.8 Å². The van der Waals surface area contributed by atoms with Gasteiger partial charge in [0.05, 0.1) is 19.8 Å². The number of rotatable bonds is 6. The van der Waals surface area contributed by atoms with Crippen molar-refractivity contribution in [1.82, 2.24) is 0 Å². The van der Waals surface area contributed by atoms with E-state index in [9.17, 15) is 4.79 Å². The highest BCUT2D eigenvalue weighted by molar-refractivity contribution is 6.32. The first-order valence-corrected chi connectivity index (χ1v) is 9.09. The molecule has 0 unspecified atom stereocenters. The van der Waals surface area contributed by atoms with Crippen molar-refractivity contribution in [2.24, 2.45) is 0 Å². The molecule has 0 radical (unpaired) electrons. The molecule has 2 aromatic carbocycles. The van der Waals surface area contributed by atoms with Gasteiger partial charge in [-0.15, -0.1) is 0 Å². The van der Waals surface area contributed by atoms with Crippen LogP contribution in [0, 0.1) is 0 Å². The summed E-state index contributed by atoms with van der Waals surface area (Å²) in [7, 11) is 1.61. The van der Waals surface area contributed by atoms with Gasteiger partial charge in [-0.2, -0.15) is 0 Å². The maximum Gasteiger partial charge on any atom is 0.228 e. The highest BCUT2D eigenvalue weighted by Gasteiger charge is 2.16. The summed E-state index contributed by atoms with van der Waals surface area (Å²) >= 11 is 6.31. The Bertz CT molecular complexity index is 946. The lowest BCUT2D eigenvalue weighted by Gasteiger charge is -2.15. The second-order valence-corrected chi connectivity index (χ2v) is 6.52. The minimum Gasteiger partial charge on any atom is -0.497 e. The Kier molecular flexibility index (Phi) is 5.52. The molecule has 0 spiro atoms. The average Bonchev–Trinajstić information content (AvgIpc) is 3.04. The van der Waals surface area contributed by atoms with E-state index in [1.807, 2.05) is 37.3 Å². The van der Waals surface area contributed by atoms with Gasteiger partial charge in [-0.05, 0) is 42.2 Å². The quantitative estimate of drug-likeness (QED) is 0.631. The van der Waals surface area contributed by atoms with Crippen molar-refractivity contribution in [3.63, 3.8) is 0 Å². The largest absolute Gasteiger partial charge is 0.497 e. The number of aryl methyl sites for hydroxylation is 1. The molecule has 0 aliphatic carbocycles. The van der Waals surface area contributed by atoms with Gasteiger partial charge in [0, 0.05) is 27.7 Å². The van der Waals surface area contributed by atoms with Crippen LogP contribution < -0.4 is 10.1 Å². The van der Waals surface area contributed by atoms with Crippen LogP contribution in [-0.4, -0.2) is 13.0 Å². The molecular weight excluding hydrogens is 350 g/mol. The topological polar surface area (TPSA) is 51.5 Å². The van der Waals surface area contributed by atoms with Crippen molar-refractivity contribution in [2.75, 3.05) is 12.4 Å². The number of furan rings is 1. The number of nitrogens with one attached hydrogen (secondary N) is 1. The first kappa shape index (κ1) is 18.3. The van der Waals surface area contributed by atoms with E-state index in [-0.39, 0.29) is 12.3 Å². The molecule has 3 aromatic rings. The lowest BCUT2D eigenvalue weighted by Crippen LogP contribution is -2.17. The highest BCUT2D eigenvalue weighted by atomic mass is 35.5. The predicted octanol–water partition coefficient (Wildman–Crippen LogP) is 5.40. The van der Waals surface area contributed by atoms with Crippen LogP contribution in [0.25, 0.3) is 11.0 Å². The number of hydrogen-bond donors (Lipinski definition) is 1. The molecule has 0 saturated heterocycles. The first-order chi connectivity index (χ1) is 12.6. The van der Waals surface area contributed by atoms with E-state index in [1.54, 1.807) is 13.4 Å². The molecule has 0 atom stereocenters. The summed E-state index contributed by atoms with van der Waals surface area (Å²) in [5.41, 5.74) is 4.45. The standard InChI is InChI=1S/C21H22ClNO3/c1-4-13-6-9-18(22)16(5-2)21(13)23-20(24)10-14-12-26-19-11-15(25-3)7-8-17(14)19/h6-9,11-12H,4-5,10H2,1-3H3,(H,23,24). The van der Waals surface area contributed by atoms with Gasteiger partial charge in [-0.3, -0.25) is 4.79 Å². The minimum atomic E-state index is -0.0878. The van der Waals surface area contributed by atoms with Crippen LogP contribution in [0.2, 0.25) is 5.02 Å². The van der Waals surface area contributed by atoms with Gasteiger partial charge in [0.2, 0.25) is 5.91 Å². The number of fused-ring (bicyclic) bond motifs is 1. The van der Waals surface area contributed by atoms with Crippen LogP contribution >= 0.6 is 11.6 Å². The van der Waals surface area contributed by atoms with Crippen molar-refractivity contribution in [3.8, 4) is 5.75 Å². The molecule has 1 aromatic heterocycles. The van der Waals surface area contributed by atoms with E-state index in [2.05, 4.69) is 12.2 Å². The molecule has 3 rings (SSSR count). The fraction of sp³-hybridized carbons (Fsp3) is 0.286. The van der Waals surface area contributed by atoms with Gasteiger partial charge in [-0.25, -0.2) is 0 Å². The molecule has 1 amide bonds. The lowest BCUT2D eigenvalue weighted by molar-refractivity contribution is -0.115. The zero-order chi connectivity index (χ0) is 18.7. The van der Waals surface area contributed by atoms with Crippen molar-refractivity contribution < 1.29 is 13.9 Å². The summed E-state index contributed by atoms with van der Waals surface area (Å²) in [6.07, 6.45) is 3.45. The van der Waals surface area contributed by atoms with Crippen LogP contribution in [-0.2, 0) is 24.1 Å². The van der Waals surface area contributed by atoms with Crippen molar-refractivity contribution in [2.45, 2.75) is 33.1 Å². The second-order valence-electron chi connectivity index (χ2n) is 6.12. The molecule has 0 bridgehead atoms. The summed E-state index contributed by atoms with van der Waals surface area (Å²) in [4.78, 5) is 12.7. The summed E-state index contributed by atoms with van der Waals surface area (Å²) in [6, 6.07) is 9.45. The number of amides is 1. The van der Waals surface area contributed by atoms with Gasteiger partial charge in [-0.1, -0.05) is 31.5 Å². The number of methoxy groups -OCH3 is 1. The molecule has 0 aliphatic rings. The molecule has 0 saturated carbocycles. The number of halogens is 1. The normalized spacial score (nSPS) is 10.9. The lowest BCUT2D eigenvalue weighted by atomic mass is 10.0. The van der Waals surface area contributed by atoms with Gasteiger partial charge in [0.25, 0.3) is 0 Å². The van der Waals surface area contributed by atoms with Crippen LogP contribution in [0.15, 0.2) is 41.0 Å². The van der Waals surface area contributed by atoms with Crippen molar-refractivity contribution in [3.05, 3.63) is 58.3 Å². The van der Waals surface area contributed by atoms with Crippen molar-refractivity contribution in [1.29, 1.82) is 0 Å². The molecule has 0 fully saturated rings. The number of carbonyl (C=O) groups is 1. The van der Waals surface area contributed by atoms with E-state index >= 15 is 0 Å². The molecule has 26 heavy (non-hydrogen) atoms. The minimum absolute atomic E-state index is 0.0878. The van der Waals surface area contributed by atoms with Crippen molar-refractivity contribution >= 4 is 34.2 Å². The smallest absolute Gasteiger partial charge is 0.228 e. The predicted molar refractivity (Wildman–Crippen MR) is 105 cm³/mol. The van der Waals surface area contributed by atoms with Gasteiger partial charge in [0.1, 0.15) is 11.3 Å². The monoisotopic (exact) mass is 371 g/mol. The number of ether oxygens (including phenoxy) is 1. The van der Waals surface area contributed by atoms with Crippen LogP contribution in [0.5, 0.6) is 5.75 Å². The average molecular weight is 372 g/mol. The maximum atomic E-state index is 12.7. The summed E-state index contributed by atoms with van der Waals surface area (Å²) in [5.74, 6) is 0.636. The van der Waals surface area contributed by atoms with Crippen LogP contribution in [0.1, 0.15) is 30.5 Å². The molecular formula is C21H22ClNO3. The molecule has 4 nitrogen and oxygen atoms in total. The number of benzene rings is 2. The zero-order valence-corrected chi connectivity index (χ0v) is 15.9. The fourth-order valence-corrected chi connectivity index (χ4v) is 3.44. The number of anilines is 1.